The van der Waals surface area contributed by atoms with E-state index in [1.165, 1.54) is 178 Å². The van der Waals surface area contributed by atoms with Gasteiger partial charge in [0, 0.05) is 94.8 Å². The summed E-state index contributed by atoms with van der Waals surface area (Å²) in [5.41, 5.74) is 19.6. The lowest BCUT2D eigenvalue weighted by Crippen LogP contribution is -1.95. The van der Waals surface area contributed by atoms with Crippen molar-refractivity contribution in [1.29, 1.82) is 0 Å². The second-order valence-electron chi connectivity index (χ2n) is 24.6. The summed E-state index contributed by atoms with van der Waals surface area (Å²) in [6.07, 6.45) is 0. The molecule has 0 radical (unpaired) electrons. The summed E-state index contributed by atoms with van der Waals surface area (Å²) in [5, 5.41) is 18.2. The van der Waals surface area contributed by atoms with Gasteiger partial charge in [0.15, 0.2) is 0 Å². The number of nitrogens with zero attached hydrogens (tertiary/aromatic N) is 2. The molecule has 0 atom stereocenters. The van der Waals surface area contributed by atoms with Gasteiger partial charge in [-0.1, -0.05) is 267 Å². The predicted octanol–water partition coefficient (Wildman–Crippen LogP) is 26.1. The molecule has 4 heteroatoms. The van der Waals surface area contributed by atoms with Crippen LogP contribution in [0.4, 0.5) is 0 Å². The van der Waals surface area contributed by atoms with Crippen molar-refractivity contribution in [2.45, 2.75) is 0 Å². The van der Waals surface area contributed by atoms with E-state index in [1.54, 1.807) is 0 Å². The average molecular weight is 1230 g/mol. The zero-order valence-corrected chi connectivity index (χ0v) is 52.7. The first kappa shape index (κ1) is 54.1. The van der Waals surface area contributed by atoms with Crippen LogP contribution < -0.4 is 0 Å². The van der Waals surface area contributed by atoms with Gasteiger partial charge in [0.25, 0.3) is 0 Å². The number of hydrogen-bond acceptors (Lipinski definition) is 2. The molecule has 0 N–H and O–H groups in total. The van der Waals surface area contributed by atoms with Crippen LogP contribution in [0.15, 0.2) is 340 Å². The predicted molar refractivity (Wildman–Crippen MR) is 407 cm³/mol. The summed E-state index contributed by atoms with van der Waals surface area (Å²) in [5.74, 6) is 0. The first-order valence-electron chi connectivity index (χ1n) is 32.2. The summed E-state index contributed by atoms with van der Waals surface area (Å²) in [7, 11) is 0. The van der Waals surface area contributed by atoms with E-state index >= 15 is 0 Å². The lowest BCUT2D eigenvalue weighted by atomic mass is 9.96. The summed E-state index contributed by atoms with van der Waals surface area (Å²) in [6, 6.07) is 124. The number of aromatic nitrogens is 2. The highest BCUT2D eigenvalue weighted by Crippen LogP contribution is 2.52. The van der Waals surface area contributed by atoms with E-state index in [1.807, 2.05) is 22.7 Å². The van der Waals surface area contributed by atoms with Crippen molar-refractivity contribution >= 4 is 139 Å². The summed E-state index contributed by atoms with van der Waals surface area (Å²) in [4.78, 5) is 0. The fourth-order valence-electron chi connectivity index (χ4n) is 15.0. The van der Waals surface area contributed by atoms with Crippen molar-refractivity contribution in [3.63, 3.8) is 0 Å². The lowest BCUT2D eigenvalue weighted by molar-refractivity contribution is 1.19. The van der Waals surface area contributed by atoms with Gasteiger partial charge in [0.2, 0.25) is 0 Å². The molecular weight excluding hydrogens is 1170 g/mol. The number of fused-ring (bicyclic) bond motifs is 21. The second kappa shape index (κ2) is 22.0. The maximum atomic E-state index is 2.51. The number of rotatable bonds is 7. The van der Waals surface area contributed by atoms with Gasteiger partial charge in [0.1, 0.15) is 0 Å². The normalized spacial score (nSPS) is 11.8. The molecule has 94 heavy (non-hydrogen) atoms. The highest BCUT2D eigenvalue weighted by atomic mass is 32.1. The first-order valence-corrected chi connectivity index (χ1v) is 33.8. The van der Waals surface area contributed by atoms with Crippen LogP contribution in [0.1, 0.15) is 0 Å². The molecule has 20 aromatic rings. The molecular formula is C90H56N2S2. The van der Waals surface area contributed by atoms with Crippen LogP contribution in [0.2, 0.25) is 0 Å². The van der Waals surface area contributed by atoms with Gasteiger partial charge >= 0.3 is 0 Å². The number of thiophene rings is 2. The van der Waals surface area contributed by atoms with E-state index in [0.717, 1.165) is 5.69 Å². The second-order valence-corrected chi connectivity index (χ2v) is 26.7. The number of hydrogen-bond donors (Lipinski definition) is 0. The quantitative estimate of drug-likeness (QED) is 0.151. The van der Waals surface area contributed by atoms with E-state index in [-0.39, 0.29) is 0 Å². The molecule has 4 aromatic heterocycles. The minimum atomic E-state index is 1.16. The fraction of sp³-hybridized carbons (Fsp3) is 0. The molecule has 20 rings (SSSR count). The van der Waals surface area contributed by atoms with E-state index in [2.05, 4.69) is 349 Å². The van der Waals surface area contributed by atoms with Crippen LogP contribution in [0.5, 0.6) is 0 Å². The molecule has 2 nitrogen and oxygen atoms in total. The van der Waals surface area contributed by atoms with E-state index < -0.39 is 0 Å². The third kappa shape index (κ3) is 8.76. The maximum absolute atomic E-state index is 2.51. The molecule has 16 aromatic carbocycles. The van der Waals surface area contributed by atoms with E-state index in [0.29, 0.717) is 0 Å². The SMILES string of the molecule is c1ccc(-c2ccc(-n3c4ccc(-c5ccccc5)cc4c4c5c6cc(-c7ccccc7)ccc6sc5c5ccccc5c43)cc2)cc1.c1ccc(-c2ccc3sc4c5ccccc5c5c(c6cc(-c7ccccc7)ccc6n5-c5ccc6ccccc6c5)c4c3c2)cc1. The Kier molecular flexibility index (Phi) is 12.7. The molecule has 0 spiro atoms. The summed E-state index contributed by atoms with van der Waals surface area (Å²) >= 11 is 3.83. The highest BCUT2D eigenvalue weighted by molar-refractivity contribution is 7.27. The van der Waals surface area contributed by atoms with E-state index in [4.69, 9.17) is 0 Å². The summed E-state index contributed by atoms with van der Waals surface area (Å²) in [6.45, 7) is 0. The maximum Gasteiger partial charge on any atom is 0.0626 e. The third-order valence-electron chi connectivity index (χ3n) is 19.3. The molecule has 0 aliphatic carbocycles. The Hall–Kier alpha value is -11.7. The smallest absolute Gasteiger partial charge is 0.0626 e. The molecule has 4 heterocycles. The van der Waals surface area contributed by atoms with Crippen molar-refractivity contribution in [3.8, 4) is 67.0 Å². The van der Waals surface area contributed by atoms with Crippen molar-refractivity contribution in [2.24, 2.45) is 0 Å². The Labute approximate surface area is 551 Å². The summed E-state index contributed by atoms with van der Waals surface area (Å²) < 4.78 is 10.3. The minimum absolute atomic E-state index is 1.16. The van der Waals surface area contributed by atoms with Crippen LogP contribution in [0.3, 0.4) is 0 Å². The van der Waals surface area contributed by atoms with Gasteiger partial charge in [-0.3, -0.25) is 0 Å². The van der Waals surface area contributed by atoms with Crippen LogP contribution in [-0.2, 0) is 0 Å². The molecule has 0 saturated carbocycles. The molecule has 0 fully saturated rings. The lowest BCUT2D eigenvalue weighted by Gasteiger charge is -2.12. The molecule has 0 saturated heterocycles. The van der Waals surface area contributed by atoms with Crippen LogP contribution in [0.25, 0.3) is 183 Å². The zero-order valence-electron chi connectivity index (χ0n) is 51.0. The topological polar surface area (TPSA) is 9.86 Å². The van der Waals surface area contributed by atoms with Crippen molar-refractivity contribution in [1.82, 2.24) is 9.13 Å². The van der Waals surface area contributed by atoms with Gasteiger partial charge in [-0.25, -0.2) is 0 Å². The van der Waals surface area contributed by atoms with Gasteiger partial charge in [-0.2, -0.15) is 0 Å². The largest absolute Gasteiger partial charge is 0.309 e. The molecule has 0 unspecified atom stereocenters. The van der Waals surface area contributed by atoms with Gasteiger partial charge in [-0.15, -0.1) is 22.7 Å². The van der Waals surface area contributed by atoms with Gasteiger partial charge < -0.3 is 9.13 Å². The standard InChI is InChI=1S/C46H29NS.C44H27NS/c1-4-12-30(13-5-1)33-20-24-36(25-21-33)47-41-26-22-34(31-14-6-2-7-15-31)28-39(41)43-44-40-29-35(32-16-8-3-9-17-32)23-27-42(40)48-46(44)38-19-11-10-18-37(38)45(43)47;1-3-11-28(12-4-1)32-20-23-39-37(26-32)41-42-38-27-33(29-13-5-2-6-14-29)21-24-40(38)46-44(42)36-18-10-9-17-35(36)43(41)45(39)34-22-19-30-15-7-8-16-31(30)25-34/h1-29H;1-27H. The Balaban J connectivity index is 0.000000134. The van der Waals surface area contributed by atoms with Crippen LogP contribution >= 0.6 is 22.7 Å². The minimum Gasteiger partial charge on any atom is -0.309 e. The Morgan fingerprint density at radius 3 is 0.947 bits per heavy atom. The van der Waals surface area contributed by atoms with Gasteiger partial charge in [0.05, 0.1) is 22.1 Å². The monoisotopic (exact) mass is 1230 g/mol. The Morgan fingerprint density at radius 1 is 0.191 bits per heavy atom. The molecule has 438 valence electrons. The molecule has 0 aliphatic rings. The van der Waals surface area contributed by atoms with Crippen LogP contribution in [0, 0.1) is 0 Å². The molecule has 0 amide bonds. The molecule has 0 aliphatic heterocycles. The number of benzene rings is 16. The van der Waals surface area contributed by atoms with Crippen molar-refractivity contribution < 1.29 is 0 Å². The fourth-order valence-corrected chi connectivity index (χ4v) is 17.4. The van der Waals surface area contributed by atoms with Crippen molar-refractivity contribution in [3.05, 3.63) is 340 Å². The average Bonchev–Trinajstić information content (AvgIpc) is 1.54. The third-order valence-corrected chi connectivity index (χ3v) is 21.7. The molecule has 0 bridgehead atoms. The first-order chi connectivity index (χ1) is 46.6. The highest BCUT2D eigenvalue weighted by Gasteiger charge is 2.25. The van der Waals surface area contributed by atoms with Crippen molar-refractivity contribution in [2.75, 3.05) is 0 Å². The Bertz CT molecular complexity index is 6360. The van der Waals surface area contributed by atoms with Gasteiger partial charge in [-0.05, 0) is 139 Å². The van der Waals surface area contributed by atoms with E-state index in [9.17, 15) is 0 Å². The van der Waals surface area contributed by atoms with Crippen LogP contribution in [-0.4, -0.2) is 9.13 Å². The Morgan fingerprint density at radius 2 is 0.511 bits per heavy atom. The zero-order chi connectivity index (χ0) is 61.8.